The molecule has 3 aromatic rings. The second kappa shape index (κ2) is 13.7. The first kappa shape index (κ1) is 30.2. The first-order chi connectivity index (χ1) is 19.6. The molecule has 41 heavy (non-hydrogen) atoms. The molecule has 1 fully saturated rings. The maximum Gasteiger partial charge on any atom is 0.329 e. The molecule has 2 heterocycles. The van der Waals surface area contributed by atoms with Crippen molar-refractivity contribution in [1.82, 2.24) is 29.8 Å². The molecular weight excluding hydrogens is 548 g/mol. The Balaban J connectivity index is 1.52. The van der Waals surface area contributed by atoms with Gasteiger partial charge in [-0.25, -0.2) is 22.9 Å². The van der Waals surface area contributed by atoms with Gasteiger partial charge in [-0.2, -0.15) is 0 Å². The number of likely N-dealkylation sites (tertiary alicyclic amines) is 1. The Morgan fingerprint density at radius 2 is 1.98 bits per heavy atom. The van der Waals surface area contributed by atoms with Crippen molar-refractivity contribution in [3.8, 4) is 0 Å². The van der Waals surface area contributed by atoms with Crippen molar-refractivity contribution >= 4 is 38.6 Å². The number of aromatic nitrogens is 2. The molecule has 0 saturated carbocycles. The molecule has 1 saturated heterocycles. The van der Waals surface area contributed by atoms with E-state index in [1.54, 1.807) is 12.5 Å². The Hall–Kier alpha value is -3.81. The number of aromatic amines is 1. The number of hydrogen-bond donors (Lipinski definition) is 3. The Morgan fingerprint density at radius 3 is 2.71 bits per heavy atom. The van der Waals surface area contributed by atoms with E-state index in [1.807, 2.05) is 52.3 Å². The summed E-state index contributed by atoms with van der Waals surface area (Å²) < 4.78 is 30.2. The number of imidazole rings is 1. The van der Waals surface area contributed by atoms with E-state index in [0.717, 1.165) is 35.4 Å². The predicted octanol–water partition coefficient (Wildman–Crippen LogP) is 0.806. The standard InChI is InChI=1S/C28H36N6O6S/c1-40-28(37)25(15-31-41(2,38)39)32-26(35)18-33(16-21-9-5-8-20-7-3-4-11-24(20)21)17-23-10-6-12-34(23)27(36)13-22-14-29-19-30-22/h3-5,7-9,11,14,19,23,25,31H,6,10,12-13,15-18H2,1-2H3,(H,29,30)(H,32,35)/t23?,25-/m0/s1. The van der Waals surface area contributed by atoms with Crippen molar-refractivity contribution < 1.29 is 27.5 Å². The number of amides is 2. The van der Waals surface area contributed by atoms with Gasteiger partial charge in [0.15, 0.2) is 0 Å². The highest BCUT2D eigenvalue weighted by atomic mass is 32.2. The number of H-pyrrole nitrogens is 1. The molecular formula is C28H36N6O6S. The fourth-order valence-corrected chi connectivity index (χ4v) is 5.63. The Labute approximate surface area is 239 Å². The second-order valence-electron chi connectivity index (χ2n) is 10.2. The summed E-state index contributed by atoms with van der Waals surface area (Å²) in [6, 6.07) is 12.7. The highest BCUT2D eigenvalue weighted by Crippen LogP contribution is 2.23. The van der Waals surface area contributed by atoms with Crippen LogP contribution in [0.25, 0.3) is 10.8 Å². The molecule has 12 nitrogen and oxygen atoms in total. The zero-order chi connectivity index (χ0) is 29.4. The molecule has 220 valence electrons. The summed E-state index contributed by atoms with van der Waals surface area (Å²) in [5, 5.41) is 4.74. The van der Waals surface area contributed by atoms with Crippen LogP contribution in [0.1, 0.15) is 24.1 Å². The average Bonchev–Trinajstić information content (AvgIpc) is 3.62. The number of sulfonamides is 1. The van der Waals surface area contributed by atoms with Gasteiger partial charge in [0, 0.05) is 38.4 Å². The number of benzene rings is 2. The summed E-state index contributed by atoms with van der Waals surface area (Å²) in [7, 11) is -2.42. The lowest BCUT2D eigenvalue weighted by Gasteiger charge is -2.31. The van der Waals surface area contributed by atoms with Gasteiger partial charge in [0.2, 0.25) is 21.8 Å². The number of carbonyl (C=O) groups is 3. The molecule has 3 N–H and O–H groups in total. The fourth-order valence-electron chi connectivity index (χ4n) is 5.17. The van der Waals surface area contributed by atoms with E-state index in [4.69, 9.17) is 4.74 Å². The quantitative estimate of drug-likeness (QED) is 0.250. The highest BCUT2D eigenvalue weighted by Gasteiger charge is 2.31. The van der Waals surface area contributed by atoms with E-state index < -0.39 is 27.9 Å². The van der Waals surface area contributed by atoms with Crippen molar-refractivity contribution in [2.24, 2.45) is 0 Å². The monoisotopic (exact) mass is 584 g/mol. The number of hydrogen-bond acceptors (Lipinski definition) is 8. The normalized spacial score (nSPS) is 16.2. The van der Waals surface area contributed by atoms with Crippen molar-refractivity contribution in [2.45, 2.75) is 37.9 Å². The van der Waals surface area contributed by atoms with Crippen molar-refractivity contribution in [1.29, 1.82) is 0 Å². The number of nitrogens with zero attached hydrogens (tertiary/aromatic N) is 3. The van der Waals surface area contributed by atoms with E-state index in [-0.39, 0.29) is 31.5 Å². The number of esters is 1. The SMILES string of the molecule is COC(=O)[C@H](CNS(C)(=O)=O)NC(=O)CN(Cc1cccc2ccccc12)CC1CCCN1C(=O)Cc1c[nH]cn1. The van der Waals surface area contributed by atoms with E-state index >= 15 is 0 Å². The molecule has 2 aromatic carbocycles. The van der Waals surface area contributed by atoms with Crippen molar-refractivity contribution in [3.63, 3.8) is 0 Å². The maximum atomic E-state index is 13.2. The van der Waals surface area contributed by atoms with E-state index in [1.165, 1.54) is 7.11 Å². The lowest BCUT2D eigenvalue weighted by molar-refractivity contribution is -0.145. The van der Waals surface area contributed by atoms with Crippen LogP contribution in [0.15, 0.2) is 55.0 Å². The number of fused-ring (bicyclic) bond motifs is 1. The summed E-state index contributed by atoms with van der Waals surface area (Å²) in [6.07, 6.45) is 6.06. The van der Waals surface area contributed by atoms with Crippen LogP contribution in [-0.4, -0.2) is 97.6 Å². The van der Waals surface area contributed by atoms with Crippen LogP contribution in [0.5, 0.6) is 0 Å². The lowest BCUT2D eigenvalue weighted by Crippen LogP contribution is -2.52. The van der Waals surface area contributed by atoms with Crippen molar-refractivity contribution in [2.75, 3.05) is 39.5 Å². The Bertz CT molecular complexity index is 1460. The topological polar surface area (TPSA) is 154 Å². The molecule has 1 unspecified atom stereocenters. The smallest absolute Gasteiger partial charge is 0.329 e. The van der Waals surface area contributed by atoms with E-state index in [9.17, 15) is 22.8 Å². The number of ether oxygens (including phenoxy) is 1. The Morgan fingerprint density at radius 1 is 1.20 bits per heavy atom. The third-order valence-electron chi connectivity index (χ3n) is 7.07. The van der Waals surface area contributed by atoms with Crippen LogP contribution in [0.3, 0.4) is 0 Å². The van der Waals surface area contributed by atoms with Crippen LogP contribution in [0.2, 0.25) is 0 Å². The molecule has 0 radical (unpaired) electrons. The lowest BCUT2D eigenvalue weighted by atomic mass is 10.0. The van der Waals surface area contributed by atoms with Crippen LogP contribution in [0.4, 0.5) is 0 Å². The van der Waals surface area contributed by atoms with Gasteiger partial charge in [-0.1, -0.05) is 42.5 Å². The minimum absolute atomic E-state index is 0.0215. The van der Waals surface area contributed by atoms with Gasteiger partial charge in [0.1, 0.15) is 6.04 Å². The molecule has 0 aliphatic carbocycles. The third-order valence-corrected chi connectivity index (χ3v) is 7.76. The zero-order valence-electron chi connectivity index (χ0n) is 23.2. The van der Waals surface area contributed by atoms with Gasteiger partial charge < -0.3 is 19.9 Å². The minimum atomic E-state index is -3.59. The first-order valence-corrected chi connectivity index (χ1v) is 15.3. The molecule has 2 amide bonds. The molecule has 4 rings (SSSR count). The predicted molar refractivity (Wildman–Crippen MR) is 153 cm³/mol. The van der Waals surface area contributed by atoms with Gasteiger partial charge >= 0.3 is 5.97 Å². The fraction of sp³-hybridized carbons (Fsp3) is 0.429. The zero-order valence-corrected chi connectivity index (χ0v) is 24.0. The highest BCUT2D eigenvalue weighted by molar-refractivity contribution is 7.88. The molecule has 0 bridgehead atoms. The molecule has 2 atom stereocenters. The van der Waals surface area contributed by atoms with Gasteiger partial charge in [-0.15, -0.1) is 0 Å². The summed E-state index contributed by atoms with van der Waals surface area (Å²) in [5.74, 6) is -1.25. The molecule has 13 heteroatoms. The van der Waals surface area contributed by atoms with Crippen LogP contribution < -0.4 is 10.0 Å². The largest absolute Gasteiger partial charge is 0.467 e. The van der Waals surface area contributed by atoms with Gasteiger partial charge in [-0.3, -0.25) is 14.5 Å². The molecule has 1 aromatic heterocycles. The number of nitrogens with one attached hydrogen (secondary N) is 3. The van der Waals surface area contributed by atoms with Crippen molar-refractivity contribution in [3.05, 3.63) is 66.2 Å². The summed E-state index contributed by atoms with van der Waals surface area (Å²) >= 11 is 0. The maximum absolute atomic E-state index is 13.2. The van der Waals surface area contributed by atoms with Gasteiger partial charge in [-0.05, 0) is 29.2 Å². The number of rotatable bonds is 13. The second-order valence-corrected chi connectivity index (χ2v) is 12.0. The van der Waals surface area contributed by atoms with E-state index in [0.29, 0.717) is 25.3 Å². The number of carbonyl (C=O) groups excluding carboxylic acids is 3. The van der Waals surface area contributed by atoms with Gasteiger partial charge in [0.25, 0.3) is 0 Å². The molecule has 1 aliphatic rings. The first-order valence-electron chi connectivity index (χ1n) is 13.4. The Kier molecular flexibility index (Phi) is 10.1. The molecule has 0 spiro atoms. The van der Waals surface area contributed by atoms with Crippen LogP contribution in [-0.2, 0) is 42.1 Å². The summed E-state index contributed by atoms with van der Waals surface area (Å²) in [6.45, 7) is 1.08. The third kappa shape index (κ3) is 8.59. The van der Waals surface area contributed by atoms with E-state index in [2.05, 4.69) is 20.0 Å². The summed E-state index contributed by atoms with van der Waals surface area (Å²) in [4.78, 5) is 49.5. The summed E-state index contributed by atoms with van der Waals surface area (Å²) in [5.41, 5.74) is 1.69. The molecule has 1 aliphatic heterocycles. The number of methoxy groups -OCH3 is 1. The van der Waals surface area contributed by atoms with Gasteiger partial charge in [0.05, 0.1) is 38.4 Å². The van der Waals surface area contributed by atoms with Crippen LogP contribution >= 0.6 is 0 Å². The van der Waals surface area contributed by atoms with Crippen LogP contribution in [0, 0.1) is 0 Å². The average molecular weight is 585 g/mol. The minimum Gasteiger partial charge on any atom is -0.467 e.